The number of hydrogen-bond acceptors (Lipinski definition) is 2. The van der Waals surface area contributed by atoms with E-state index in [1.165, 1.54) is 0 Å². The van der Waals surface area contributed by atoms with Crippen LogP contribution in [0.25, 0.3) is 0 Å². The Labute approximate surface area is 133 Å². The van der Waals surface area contributed by atoms with Crippen LogP contribution in [-0.4, -0.2) is 5.78 Å². The molecule has 0 fully saturated rings. The molecule has 2 aromatic carbocycles. The highest BCUT2D eigenvalue weighted by Crippen LogP contribution is 2.28. The van der Waals surface area contributed by atoms with E-state index in [2.05, 4.69) is 0 Å². The van der Waals surface area contributed by atoms with Crippen LogP contribution >= 0.6 is 23.2 Å². The minimum atomic E-state index is 0.197. The summed E-state index contributed by atoms with van der Waals surface area (Å²) in [5.74, 6) is 0.877. The molecule has 0 aromatic heterocycles. The van der Waals surface area contributed by atoms with Gasteiger partial charge in [0.05, 0.1) is 10.0 Å². The van der Waals surface area contributed by atoms with Crippen molar-refractivity contribution in [2.75, 3.05) is 0 Å². The third kappa shape index (κ3) is 3.07. The van der Waals surface area contributed by atoms with Gasteiger partial charge in [-0.1, -0.05) is 41.4 Å². The third-order valence-corrected chi connectivity index (χ3v) is 4.52. The molecule has 0 unspecified atom stereocenters. The van der Waals surface area contributed by atoms with Crippen LogP contribution in [0.5, 0.6) is 5.75 Å². The molecule has 0 aliphatic heterocycles. The predicted octanol–water partition coefficient (Wildman–Crippen LogP) is 5.09. The van der Waals surface area contributed by atoms with Crippen LogP contribution in [-0.2, 0) is 13.0 Å². The van der Waals surface area contributed by atoms with Crippen LogP contribution < -0.4 is 4.74 Å². The lowest BCUT2D eigenvalue weighted by atomic mass is 9.90. The minimum absolute atomic E-state index is 0.197. The van der Waals surface area contributed by atoms with Gasteiger partial charge < -0.3 is 4.74 Å². The van der Waals surface area contributed by atoms with E-state index in [1.54, 1.807) is 6.07 Å². The highest BCUT2D eigenvalue weighted by atomic mass is 35.5. The molecule has 0 amide bonds. The molecule has 21 heavy (non-hydrogen) atoms. The summed E-state index contributed by atoms with van der Waals surface area (Å²) >= 11 is 12.1. The quantitative estimate of drug-likeness (QED) is 0.787. The lowest BCUT2D eigenvalue weighted by Crippen LogP contribution is -2.10. The normalized spacial score (nSPS) is 13.9. The van der Waals surface area contributed by atoms with Crippen molar-refractivity contribution >= 4 is 29.0 Å². The number of carbonyl (C=O) groups is 1. The fourth-order valence-corrected chi connectivity index (χ4v) is 2.89. The Hall–Kier alpha value is -1.51. The van der Waals surface area contributed by atoms with Gasteiger partial charge in [-0.3, -0.25) is 4.79 Å². The van der Waals surface area contributed by atoms with Gasteiger partial charge in [0.25, 0.3) is 0 Å². The van der Waals surface area contributed by atoms with Gasteiger partial charge in [-0.2, -0.15) is 0 Å². The first-order valence-electron chi connectivity index (χ1n) is 6.87. The van der Waals surface area contributed by atoms with E-state index >= 15 is 0 Å². The molecule has 0 bridgehead atoms. The molecule has 0 heterocycles. The Morgan fingerprint density at radius 2 is 1.95 bits per heavy atom. The average molecular weight is 321 g/mol. The van der Waals surface area contributed by atoms with E-state index in [1.807, 2.05) is 30.3 Å². The molecule has 0 spiro atoms. The van der Waals surface area contributed by atoms with Crippen LogP contribution in [0, 0.1) is 0 Å². The number of Topliss-reactive ketones (excluding diaryl/α,β-unsaturated/α-hetero) is 1. The number of carbonyl (C=O) groups excluding carboxylic acids is 1. The minimum Gasteiger partial charge on any atom is -0.489 e. The van der Waals surface area contributed by atoms with Gasteiger partial charge in [0.2, 0.25) is 0 Å². The molecule has 0 saturated carbocycles. The third-order valence-electron chi connectivity index (χ3n) is 3.66. The lowest BCUT2D eigenvalue weighted by Gasteiger charge is -2.16. The van der Waals surface area contributed by atoms with E-state index < -0.39 is 0 Å². The second kappa shape index (κ2) is 6.08. The Balaban J connectivity index is 1.78. The topological polar surface area (TPSA) is 26.3 Å². The lowest BCUT2D eigenvalue weighted by molar-refractivity contribution is 0.0972. The van der Waals surface area contributed by atoms with Gasteiger partial charge in [0.15, 0.2) is 5.78 Å². The molecule has 0 N–H and O–H groups in total. The zero-order valence-electron chi connectivity index (χ0n) is 11.4. The maximum Gasteiger partial charge on any atom is 0.163 e. The summed E-state index contributed by atoms with van der Waals surface area (Å²) in [6.07, 6.45) is 2.52. The SMILES string of the molecule is O=C1CCCc2ccc(OCc3cccc(Cl)c3Cl)cc21. The molecular formula is C17H14Cl2O2. The first-order valence-corrected chi connectivity index (χ1v) is 7.62. The molecule has 1 aliphatic carbocycles. The van der Waals surface area contributed by atoms with Crippen molar-refractivity contribution in [3.05, 3.63) is 63.1 Å². The monoisotopic (exact) mass is 320 g/mol. The van der Waals surface area contributed by atoms with E-state index in [0.717, 1.165) is 29.5 Å². The zero-order chi connectivity index (χ0) is 14.8. The highest BCUT2D eigenvalue weighted by Gasteiger charge is 2.17. The Bertz CT molecular complexity index is 695. The number of hydrogen-bond donors (Lipinski definition) is 0. The van der Waals surface area contributed by atoms with Crippen molar-refractivity contribution in [2.24, 2.45) is 0 Å². The maximum absolute atomic E-state index is 11.9. The van der Waals surface area contributed by atoms with Crippen LogP contribution in [0.15, 0.2) is 36.4 Å². The second-order valence-corrected chi connectivity index (χ2v) is 5.88. The zero-order valence-corrected chi connectivity index (χ0v) is 12.9. The van der Waals surface area contributed by atoms with E-state index in [0.29, 0.717) is 28.8 Å². The first-order chi connectivity index (χ1) is 10.1. The number of aryl methyl sites for hydroxylation is 1. The van der Waals surface area contributed by atoms with E-state index in [-0.39, 0.29) is 5.78 Å². The number of fused-ring (bicyclic) bond motifs is 1. The number of ketones is 1. The molecule has 108 valence electrons. The van der Waals surface area contributed by atoms with Crippen molar-refractivity contribution in [1.29, 1.82) is 0 Å². The number of rotatable bonds is 3. The van der Waals surface area contributed by atoms with Crippen molar-refractivity contribution in [1.82, 2.24) is 0 Å². The van der Waals surface area contributed by atoms with Crippen LogP contribution in [0.1, 0.15) is 34.3 Å². The van der Waals surface area contributed by atoms with Crippen molar-refractivity contribution in [3.8, 4) is 5.75 Å². The van der Waals surface area contributed by atoms with Crippen molar-refractivity contribution < 1.29 is 9.53 Å². The standard InChI is InChI=1S/C17H14Cl2O2/c18-15-5-1-4-12(17(15)19)10-21-13-8-7-11-3-2-6-16(20)14(11)9-13/h1,4-5,7-9H,2-3,6,10H2. The predicted molar refractivity (Wildman–Crippen MR) is 84.5 cm³/mol. The highest BCUT2D eigenvalue weighted by molar-refractivity contribution is 6.42. The summed E-state index contributed by atoms with van der Waals surface area (Å²) < 4.78 is 5.75. The molecule has 4 heteroatoms. The first kappa shape index (κ1) is 14.4. The summed E-state index contributed by atoms with van der Waals surface area (Å²) in [7, 11) is 0. The summed E-state index contributed by atoms with van der Waals surface area (Å²) in [6, 6.07) is 11.2. The molecular weight excluding hydrogens is 307 g/mol. The number of benzene rings is 2. The Morgan fingerprint density at radius 1 is 1.10 bits per heavy atom. The summed E-state index contributed by atoms with van der Waals surface area (Å²) in [5.41, 5.74) is 2.73. The molecule has 0 saturated heterocycles. The fraction of sp³-hybridized carbons (Fsp3) is 0.235. The van der Waals surface area contributed by atoms with E-state index in [4.69, 9.17) is 27.9 Å². The largest absolute Gasteiger partial charge is 0.489 e. The molecule has 0 radical (unpaired) electrons. The molecule has 2 nitrogen and oxygen atoms in total. The maximum atomic E-state index is 11.9. The van der Waals surface area contributed by atoms with Crippen molar-refractivity contribution in [2.45, 2.75) is 25.9 Å². The van der Waals surface area contributed by atoms with Gasteiger partial charge in [-0.05, 0) is 36.6 Å². The Morgan fingerprint density at radius 3 is 2.81 bits per heavy atom. The molecule has 0 atom stereocenters. The molecule has 1 aliphatic rings. The Kier molecular flexibility index (Phi) is 4.18. The summed E-state index contributed by atoms with van der Waals surface area (Å²) in [5, 5.41) is 1.02. The number of halogens is 2. The smallest absolute Gasteiger partial charge is 0.163 e. The van der Waals surface area contributed by atoms with Crippen LogP contribution in [0.3, 0.4) is 0 Å². The van der Waals surface area contributed by atoms with E-state index in [9.17, 15) is 4.79 Å². The molecule has 3 rings (SSSR count). The second-order valence-electron chi connectivity index (χ2n) is 5.10. The number of ether oxygens (including phenoxy) is 1. The summed E-state index contributed by atoms with van der Waals surface area (Å²) in [6.45, 7) is 0.326. The van der Waals surface area contributed by atoms with Gasteiger partial charge in [-0.15, -0.1) is 0 Å². The fourth-order valence-electron chi connectivity index (χ4n) is 2.52. The van der Waals surface area contributed by atoms with Crippen molar-refractivity contribution in [3.63, 3.8) is 0 Å². The van der Waals surface area contributed by atoms with Gasteiger partial charge in [0.1, 0.15) is 12.4 Å². The van der Waals surface area contributed by atoms with Crippen LogP contribution in [0.4, 0.5) is 0 Å². The van der Waals surface area contributed by atoms with Gasteiger partial charge in [0, 0.05) is 17.5 Å². The summed E-state index contributed by atoms with van der Waals surface area (Å²) in [4.78, 5) is 11.9. The van der Waals surface area contributed by atoms with Gasteiger partial charge in [-0.25, -0.2) is 0 Å². The molecule has 2 aromatic rings. The van der Waals surface area contributed by atoms with Gasteiger partial charge >= 0.3 is 0 Å². The van der Waals surface area contributed by atoms with Crippen LogP contribution in [0.2, 0.25) is 10.0 Å². The average Bonchev–Trinajstić information content (AvgIpc) is 2.49.